The Balaban J connectivity index is 1.86. The molecule has 0 aliphatic rings. The van der Waals surface area contributed by atoms with Crippen LogP contribution in [0.3, 0.4) is 0 Å². The van der Waals surface area contributed by atoms with Crippen molar-refractivity contribution < 1.29 is 4.79 Å². The summed E-state index contributed by atoms with van der Waals surface area (Å²) in [7, 11) is 0. The van der Waals surface area contributed by atoms with Crippen LogP contribution >= 0.6 is 11.3 Å². The van der Waals surface area contributed by atoms with Gasteiger partial charge < -0.3 is 9.88 Å². The van der Waals surface area contributed by atoms with Crippen LogP contribution < -0.4 is 5.32 Å². The van der Waals surface area contributed by atoms with E-state index in [9.17, 15) is 4.79 Å². The summed E-state index contributed by atoms with van der Waals surface area (Å²) < 4.78 is 1.94. The van der Waals surface area contributed by atoms with Crippen molar-refractivity contribution in [1.29, 1.82) is 0 Å². The summed E-state index contributed by atoms with van der Waals surface area (Å²) in [6.07, 6.45) is 8.58. The quantitative estimate of drug-likeness (QED) is 0.852. The maximum atomic E-state index is 12.1. The van der Waals surface area contributed by atoms with Gasteiger partial charge in [0.05, 0.1) is 17.0 Å². The maximum absolute atomic E-state index is 12.1. The largest absolute Gasteiger partial charge is 0.349 e. The van der Waals surface area contributed by atoms with Crippen LogP contribution in [0, 0.1) is 6.92 Å². The first-order valence-corrected chi connectivity index (χ1v) is 7.72. The van der Waals surface area contributed by atoms with E-state index in [1.54, 1.807) is 12.5 Å². The fourth-order valence-electron chi connectivity index (χ4n) is 1.90. The molecule has 20 heavy (non-hydrogen) atoms. The molecule has 0 unspecified atom stereocenters. The number of thiazole rings is 1. The molecule has 108 valence electrons. The van der Waals surface area contributed by atoms with Crippen LogP contribution in [0.4, 0.5) is 0 Å². The minimum Gasteiger partial charge on any atom is -0.349 e. The van der Waals surface area contributed by atoms with E-state index in [1.165, 1.54) is 11.3 Å². The molecular weight excluding hydrogens is 272 g/mol. The Morgan fingerprint density at radius 1 is 1.50 bits per heavy atom. The molecule has 2 rings (SSSR count). The zero-order valence-electron chi connectivity index (χ0n) is 11.9. The Morgan fingerprint density at radius 2 is 2.35 bits per heavy atom. The lowest BCUT2D eigenvalue weighted by atomic mass is 10.3. The molecule has 2 aromatic heterocycles. The second-order valence-electron chi connectivity index (χ2n) is 4.68. The molecule has 1 amide bonds. The molecule has 0 radical (unpaired) electrons. The molecule has 1 N–H and O–H groups in total. The Hall–Kier alpha value is -1.69. The van der Waals surface area contributed by atoms with E-state index < -0.39 is 0 Å². The highest BCUT2D eigenvalue weighted by molar-refractivity contribution is 7.13. The fraction of sp³-hybridized carbons (Fsp3) is 0.500. The molecule has 0 saturated heterocycles. The van der Waals surface area contributed by atoms with Gasteiger partial charge in [-0.05, 0) is 19.8 Å². The monoisotopic (exact) mass is 292 g/mol. The second-order valence-corrected chi connectivity index (χ2v) is 5.77. The lowest BCUT2D eigenvalue weighted by Crippen LogP contribution is -2.26. The molecule has 0 atom stereocenters. The Morgan fingerprint density at radius 3 is 3.05 bits per heavy atom. The third kappa shape index (κ3) is 3.90. The predicted molar refractivity (Wildman–Crippen MR) is 80.0 cm³/mol. The van der Waals surface area contributed by atoms with Crippen molar-refractivity contribution in [1.82, 2.24) is 19.9 Å². The highest BCUT2D eigenvalue weighted by Crippen LogP contribution is 2.19. The third-order valence-corrected chi connectivity index (χ3v) is 4.22. The van der Waals surface area contributed by atoms with Crippen LogP contribution in [-0.4, -0.2) is 27.0 Å². The average Bonchev–Trinajstić information content (AvgIpc) is 3.06. The molecule has 6 heteroatoms. The van der Waals surface area contributed by atoms with E-state index in [-0.39, 0.29) is 5.91 Å². The number of imidazole rings is 1. The van der Waals surface area contributed by atoms with Crippen molar-refractivity contribution >= 4 is 17.2 Å². The average molecular weight is 292 g/mol. The first-order valence-electron chi connectivity index (χ1n) is 6.91. The molecule has 2 aromatic rings. The van der Waals surface area contributed by atoms with Crippen molar-refractivity contribution in [3.8, 4) is 0 Å². The van der Waals surface area contributed by atoms with Gasteiger partial charge in [-0.25, -0.2) is 9.97 Å². The van der Waals surface area contributed by atoms with Gasteiger partial charge in [0.1, 0.15) is 4.88 Å². The number of nitrogens with one attached hydrogen (secondary N) is 1. The smallest absolute Gasteiger partial charge is 0.263 e. The van der Waals surface area contributed by atoms with Crippen LogP contribution in [0.1, 0.15) is 40.1 Å². The Bertz CT molecular complexity index is 548. The number of hydrogen-bond acceptors (Lipinski definition) is 4. The van der Waals surface area contributed by atoms with E-state index in [4.69, 9.17) is 0 Å². The van der Waals surface area contributed by atoms with Crippen LogP contribution in [0.2, 0.25) is 0 Å². The predicted octanol–water partition coefficient (Wildman–Crippen LogP) is 2.42. The zero-order valence-corrected chi connectivity index (χ0v) is 12.7. The molecule has 0 fully saturated rings. The van der Waals surface area contributed by atoms with Crippen LogP contribution in [0.25, 0.3) is 0 Å². The van der Waals surface area contributed by atoms with E-state index in [1.807, 2.05) is 17.7 Å². The van der Waals surface area contributed by atoms with Gasteiger partial charge in [-0.1, -0.05) is 13.3 Å². The van der Waals surface area contributed by atoms with Crippen molar-refractivity contribution in [3.05, 3.63) is 34.3 Å². The lowest BCUT2D eigenvalue weighted by Gasteiger charge is -2.04. The summed E-state index contributed by atoms with van der Waals surface area (Å²) in [6.45, 7) is 5.38. The first kappa shape index (κ1) is 14.7. The summed E-state index contributed by atoms with van der Waals surface area (Å²) in [4.78, 5) is 21.3. The van der Waals surface area contributed by atoms with Crippen LogP contribution in [-0.2, 0) is 13.0 Å². The summed E-state index contributed by atoms with van der Waals surface area (Å²) in [5, 5.41) is 3.99. The minimum absolute atomic E-state index is 0.0251. The number of unbranched alkanes of at least 4 members (excludes halogenated alkanes) is 1. The lowest BCUT2D eigenvalue weighted by molar-refractivity contribution is 0.0955. The molecule has 0 saturated carbocycles. The highest BCUT2D eigenvalue weighted by Gasteiger charge is 2.14. The number of rotatable bonds is 7. The van der Waals surface area contributed by atoms with E-state index >= 15 is 0 Å². The van der Waals surface area contributed by atoms with Gasteiger partial charge in [0.25, 0.3) is 5.91 Å². The van der Waals surface area contributed by atoms with Crippen molar-refractivity contribution in [3.63, 3.8) is 0 Å². The number of hydrogen-bond donors (Lipinski definition) is 1. The first-order chi connectivity index (χ1) is 9.70. The number of carbonyl (C=O) groups excluding carboxylic acids is 1. The Kier molecular flexibility index (Phi) is 5.29. The van der Waals surface area contributed by atoms with Gasteiger partial charge in [0.2, 0.25) is 0 Å². The number of amides is 1. The molecular formula is C14H20N4OS. The topological polar surface area (TPSA) is 59.8 Å². The van der Waals surface area contributed by atoms with E-state index in [0.717, 1.165) is 41.4 Å². The minimum atomic E-state index is -0.0251. The number of carbonyl (C=O) groups is 1. The third-order valence-electron chi connectivity index (χ3n) is 3.01. The Labute approximate surface area is 123 Å². The van der Waals surface area contributed by atoms with Crippen molar-refractivity contribution in [2.45, 2.75) is 39.7 Å². The van der Waals surface area contributed by atoms with Gasteiger partial charge in [0, 0.05) is 25.5 Å². The van der Waals surface area contributed by atoms with Crippen LogP contribution in [0.15, 0.2) is 18.7 Å². The molecule has 0 spiro atoms. The summed E-state index contributed by atoms with van der Waals surface area (Å²) in [6, 6.07) is 0. The van der Waals surface area contributed by atoms with Gasteiger partial charge in [0.15, 0.2) is 0 Å². The summed E-state index contributed by atoms with van der Waals surface area (Å²) in [5.41, 5.74) is 0.834. The van der Waals surface area contributed by atoms with Crippen molar-refractivity contribution in [2.75, 3.05) is 6.54 Å². The van der Waals surface area contributed by atoms with Crippen LogP contribution in [0.5, 0.6) is 0 Å². The molecule has 0 bridgehead atoms. The van der Waals surface area contributed by atoms with Gasteiger partial charge in [-0.3, -0.25) is 4.79 Å². The highest BCUT2D eigenvalue weighted by atomic mass is 32.1. The fourth-order valence-corrected chi connectivity index (χ4v) is 2.92. The van der Waals surface area contributed by atoms with Gasteiger partial charge in [-0.15, -0.1) is 11.3 Å². The summed E-state index contributed by atoms with van der Waals surface area (Å²) >= 11 is 1.51. The molecule has 2 heterocycles. The van der Waals surface area contributed by atoms with Crippen molar-refractivity contribution in [2.24, 2.45) is 0 Å². The standard InChI is InChI=1S/C14H20N4OS/c1-3-4-5-12-17-11(2)13(20-12)14(19)16-7-9-18-8-6-15-10-18/h6,8,10H,3-5,7,9H2,1-2H3,(H,16,19). The molecule has 0 aliphatic heterocycles. The van der Waals surface area contributed by atoms with E-state index in [2.05, 4.69) is 22.2 Å². The normalized spacial score (nSPS) is 10.7. The number of aryl methyl sites for hydroxylation is 2. The molecule has 0 aliphatic carbocycles. The van der Waals surface area contributed by atoms with E-state index in [0.29, 0.717) is 6.54 Å². The molecule has 0 aromatic carbocycles. The number of nitrogens with zero attached hydrogens (tertiary/aromatic N) is 3. The maximum Gasteiger partial charge on any atom is 0.263 e. The summed E-state index contributed by atoms with van der Waals surface area (Å²) in [5.74, 6) is -0.0251. The number of aromatic nitrogens is 3. The molecule has 5 nitrogen and oxygen atoms in total. The second kappa shape index (κ2) is 7.19. The van der Waals surface area contributed by atoms with Gasteiger partial charge in [-0.2, -0.15) is 0 Å². The zero-order chi connectivity index (χ0) is 14.4. The van der Waals surface area contributed by atoms with Gasteiger partial charge >= 0.3 is 0 Å². The SMILES string of the molecule is CCCCc1nc(C)c(C(=O)NCCn2ccnc2)s1.